The molecule has 3 aromatic rings. The Balaban J connectivity index is 1.75. The molecular formula is C20H18N4O2S. The number of pyridine rings is 1. The fraction of sp³-hybridized carbons (Fsp3) is 0.100. The maximum atomic E-state index is 12.6. The van der Waals surface area contributed by atoms with E-state index in [1.807, 2.05) is 13.0 Å². The average molecular weight is 378 g/mol. The molecule has 0 bridgehead atoms. The Bertz CT molecular complexity index is 1100. The zero-order valence-corrected chi connectivity index (χ0v) is 15.7. The summed E-state index contributed by atoms with van der Waals surface area (Å²) in [4.78, 5) is 4.48. The van der Waals surface area contributed by atoms with Crippen molar-refractivity contribution >= 4 is 27.2 Å². The zero-order chi connectivity index (χ0) is 19.4. The summed E-state index contributed by atoms with van der Waals surface area (Å²) in [5, 5.41) is 11.9. The van der Waals surface area contributed by atoms with Crippen LogP contribution in [0.25, 0.3) is 0 Å². The third kappa shape index (κ3) is 4.43. The minimum absolute atomic E-state index is 0.252. The summed E-state index contributed by atoms with van der Waals surface area (Å²) >= 11 is 0. The van der Waals surface area contributed by atoms with Crippen LogP contribution in [0.5, 0.6) is 0 Å². The number of hydrogen-bond donors (Lipinski definition) is 2. The van der Waals surface area contributed by atoms with Gasteiger partial charge in [0.1, 0.15) is 5.82 Å². The van der Waals surface area contributed by atoms with Gasteiger partial charge in [-0.05, 0) is 67.4 Å². The number of nitrogens with one attached hydrogen (secondary N) is 2. The Hall–Kier alpha value is -3.37. The molecule has 2 aromatic carbocycles. The van der Waals surface area contributed by atoms with E-state index in [4.69, 9.17) is 5.26 Å². The number of aromatic nitrogens is 1. The monoisotopic (exact) mass is 378 g/mol. The van der Waals surface area contributed by atoms with Crippen molar-refractivity contribution in [3.8, 4) is 6.07 Å². The molecule has 0 saturated carbocycles. The van der Waals surface area contributed by atoms with Crippen LogP contribution in [0.1, 0.15) is 16.7 Å². The second kappa shape index (κ2) is 7.48. The van der Waals surface area contributed by atoms with Gasteiger partial charge in [0.25, 0.3) is 10.0 Å². The lowest BCUT2D eigenvalue weighted by Gasteiger charge is -2.12. The molecule has 1 heterocycles. The molecule has 0 aliphatic rings. The van der Waals surface area contributed by atoms with Gasteiger partial charge < -0.3 is 5.32 Å². The van der Waals surface area contributed by atoms with Gasteiger partial charge in [-0.2, -0.15) is 5.26 Å². The number of anilines is 3. The van der Waals surface area contributed by atoms with E-state index in [9.17, 15) is 8.42 Å². The molecule has 0 aliphatic heterocycles. The van der Waals surface area contributed by atoms with Gasteiger partial charge >= 0.3 is 0 Å². The summed E-state index contributed by atoms with van der Waals surface area (Å²) < 4.78 is 27.8. The molecule has 0 spiro atoms. The standard InChI is InChI=1S/C20H18N4O2S/c1-14-3-4-15(2)19(11-14)27(25,26)24-18-9-10-20(22-13-18)23-17-7-5-16(12-21)6-8-17/h3-11,13,24H,1-2H3,(H,22,23). The topological polar surface area (TPSA) is 94.9 Å². The molecule has 27 heavy (non-hydrogen) atoms. The van der Waals surface area contributed by atoms with Gasteiger partial charge in [-0.25, -0.2) is 13.4 Å². The van der Waals surface area contributed by atoms with E-state index in [0.717, 1.165) is 11.3 Å². The van der Waals surface area contributed by atoms with Crippen molar-refractivity contribution in [1.29, 1.82) is 5.26 Å². The minimum Gasteiger partial charge on any atom is -0.340 e. The Morgan fingerprint density at radius 2 is 1.67 bits per heavy atom. The Labute approximate surface area is 158 Å². The third-order valence-electron chi connectivity index (χ3n) is 3.94. The van der Waals surface area contributed by atoms with E-state index < -0.39 is 10.0 Å². The molecule has 0 saturated heterocycles. The fourth-order valence-electron chi connectivity index (χ4n) is 2.51. The van der Waals surface area contributed by atoms with E-state index in [1.54, 1.807) is 55.5 Å². The number of nitriles is 1. The summed E-state index contributed by atoms with van der Waals surface area (Å²) in [5.41, 5.74) is 3.29. The SMILES string of the molecule is Cc1ccc(C)c(S(=O)(=O)Nc2ccc(Nc3ccc(C#N)cc3)nc2)c1. The number of rotatable bonds is 5. The van der Waals surface area contributed by atoms with Crippen LogP contribution >= 0.6 is 0 Å². The van der Waals surface area contributed by atoms with E-state index in [1.165, 1.54) is 6.20 Å². The first-order valence-corrected chi connectivity index (χ1v) is 9.69. The summed E-state index contributed by atoms with van der Waals surface area (Å²) in [6, 6.07) is 17.6. The van der Waals surface area contributed by atoms with E-state index in [2.05, 4.69) is 21.1 Å². The number of hydrogen-bond acceptors (Lipinski definition) is 5. The van der Waals surface area contributed by atoms with Gasteiger partial charge in [0.05, 0.1) is 28.4 Å². The van der Waals surface area contributed by atoms with Crippen molar-refractivity contribution in [3.05, 3.63) is 77.5 Å². The molecule has 7 heteroatoms. The number of sulfonamides is 1. The number of nitrogens with zero attached hydrogens (tertiary/aromatic N) is 2. The molecule has 0 atom stereocenters. The van der Waals surface area contributed by atoms with Crippen LogP contribution in [0.4, 0.5) is 17.2 Å². The van der Waals surface area contributed by atoms with Gasteiger partial charge in [-0.3, -0.25) is 4.72 Å². The summed E-state index contributed by atoms with van der Waals surface area (Å²) in [6.07, 6.45) is 1.45. The van der Waals surface area contributed by atoms with Crippen LogP contribution in [0.2, 0.25) is 0 Å². The van der Waals surface area contributed by atoms with Gasteiger partial charge in [0.2, 0.25) is 0 Å². The summed E-state index contributed by atoms with van der Waals surface area (Å²) in [5.74, 6) is 0.564. The van der Waals surface area contributed by atoms with Gasteiger partial charge in [0, 0.05) is 5.69 Å². The summed E-state index contributed by atoms with van der Waals surface area (Å²) in [7, 11) is -3.69. The van der Waals surface area contributed by atoms with Crippen molar-refractivity contribution in [2.24, 2.45) is 0 Å². The quantitative estimate of drug-likeness (QED) is 0.696. The van der Waals surface area contributed by atoms with Gasteiger partial charge in [-0.15, -0.1) is 0 Å². The van der Waals surface area contributed by atoms with Crippen molar-refractivity contribution in [3.63, 3.8) is 0 Å². The molecule has 136 valence electrons. The van der Waals surface area contributed by atoms with E-state index in [-0.39, 0.29) is 4.90 Å². The van der Waals surface area contributed by atoms with Crippen LogP contribution in [-0.2, 0) is 10.0 Å². The van der Waals surface area contributed by atoms with Crippen molar-refractivity contribution < 1.29 is 8.42 Å². The molecule has 3 rings (SSSR count). The lowest BCUT2D eigenvalue weighted by atomic mass is 10.2. The molecule has 0 unspecified atom stereocenters. The van der Waals surface area contributed by atoms with Crippen LogP contribution in [0, 0.1) is 25.2 Å². The maximum absolute atomic E-state index is 12.6. The highest BCUT2D eigenvalue weighted by Crippen LogP contribution is 2.22. The van der Waals surface area contributed by atoms with Crippen LogP contribution < -0.4 is 10.0 Å². The van der Waals surface area contributed by atoms with Crippen LogP contribution in [0.3, 0.4) is 0 Å². The van der Waals surface area contributed by atoms with Crippen molar-refractivity contribution in [1.82, 2.24) is 4.98 Å². The van der Waals surface area contributed by atoms with Gasteiger partial charge in [-0.1, -0.05) is 12.1 Å². The Morgan fingerprint density at radius 3 is 2.30 bits per heavy atom. The first kappa shape index (κ1) is 18.4. The van der Waals surface area contributed by atoms with Crippen molar-refractivity contribution in [2.45, 2.75) is 18.7 Å². The minimum atomic E-state index is -3.69. The molecular weight excluding hydrogens is 360 g/mol. The Morgan fingerprint density at radius 1 is 0.963 bits per heavy atom. The van der Waals surface area contributed by atoms with Crippen molar-refractivity contribution in [2.75, 3.05) is 10.0 Å². The van der Waals surface area contributed by atoms with E-state index in [0.29, 0.717) is 22.6 Å². The van der Waals surface area contributed by atoms with Crippen LogP contribution in [0.15, 0.2) is 65.7 Å². The molecule has 1 aromatic heterocycles. The molecule has 6 nitrogen and oxygen atoms in total. The lowest BCUT2D eigenvalue weighted by Crippen LogP contribution is -2.14. The lowest BCUT2D eigenvalue weighted by molar-refractivity contribution is 0.600. The fourth-order valence-corrected chi connectivity index (χ4v) is 3.89. The highest BCUT2D eigenvalue weighted by Gasteiger charge is 2.17. The first-order chi connectivity index (χ1) is 12.9. The number of aryl methyl sites for hydroxylation is 2. The van der Waals surface area contributed by atoms with Crippen LogP contribution in [-0.4, -0.2) is 13.4 Å². The smallest absolute Gasteiger partial charge is 0.262 e. The molecule has 0 aliphatic carbocycles. The second-order valence-electron chi connectivity index (χ2n) is 6.12. The van der Waals surface area contributed by atoms with Gasteiger partial charge in [0.15, 0.2) is 0 Å². The first-order valence-electron chi connectivity index (χ1n) is 8.21. The molecule has 0 radical (unpaired) electrons. The zero-order valence-electron chi connectivity index (χ0n) is 14.9. The van der Waals surface area contributed by atoms with E-state index >= 15 is 0 Å². The molecule has 0 fully saturated rings. The Kier molecular flexibility index (Phi) is 5.10. The predicted octanol–water partition coefficient (Wildman–Crippen LogP) is 4.11. The normalized spacial score (nSPS) is 10.9. The second-order valence-corrected chi connectivity index (χ2v) is 7.77. The largest absolute Gasteiger partial charge is 0.340 e. The molecule has 0 amide bonds. The predicted molar refractivity (Wildman–Crippen MR) is 105 cm³/mol. The number of benzene rings is 2. The summed E-state index contributed by atoms with van der Waals surface area (Å²) in [6.45, 7) is 3.61. The highest BCUT2D eigenvalue weighted by molar-refractivity contribution is 7.92. The molecule has 2 N–H and O–H groups in total. The maximum Gasteiger partial charge on any atom is 0.262 e. The third-order valence-corrected chi connectivity index (χ3v) is 5.46. The highest BCUT2D eigenvalue weighted by atomic mass is 32.2. The average Bonchev–Trinajstić information content (AvgIpc) is 2.65.